The van der Waals surface area contributed by atoms with Crippen molar-refractivity contribution in [3.8, 4) is 0 Å². The Labute approximate surface area is 118 Å². The molecule has 0 aromatic rings. The molecule has 2 fully saturated rings. The van der Waals surface area contributed by atoms with Crippen molar-refractivity contribution in [1.29, 1.82) is 0 Å². The normalized spacial score (nSPS) is 38.9. The molecule has 4 unspecified atom stereocenters. The average Bonchev–Trinajstić information content (AvgIpc) is 2.54. The molecular weight excluding hydrogens is 236 g/mol. The number of rotatable bonds is 2. The number of hydrogen-bond acceptors (Lipinski definition) is 3. The fraction of sp³-hybridized carbons (Fsp3) is 0.938. The average molecular weight is 266 g/mol. The molecule has 0 spiro atoms. The van der Waals surface area contributed by atoms with Gasteiger partial charge in [0, 0.05) is 12.5 Å². The summed E-state index contributed by atoms with van der Waals surface area (Å²) in [6.45, 7) is 7.73. The van der Waals surface area contributed by atoms with Crippen molar-refractivity contribution in [2.75, 3.05) is 33.7 Å². The Morgan fingerprint density at radius 2 is 1.79 bits per heavy atom. The number of hydrogen-bond donors (Lipinski definition) is 0. The standard InChI is InChI=1S/C16H30N2O/c1-12-6-7-14(10-13(12)2)16(19)15-11-17(3)8-5-9-18(15)4/h12-15H,5-11H2,1-4H3. The lowest BCUT2D eigenvalue weighted by molar-refractivity contribution is -0.129. The third kappa shape index (κ3) is 3.57. The van der Waals surface area contributed by atoms with E-state index in [9.17, 15) is 4.79 Å². The Morgan fingerprint density at radius 1 is 1.05 bits per heavy atom. The molecule has 1 saturated heterocycles. The van der Waals surface area contributed by atoms with E-state index in [1.54, 1.807) is 0 Å². The van der Waals surface area contributed by atoms with Crippen LogP contribution >= 0.6 is 0 Å². The van der Waals surface area contributed by atoms with Crippen LogP contribution in [0.5, 0.6) is 0 Å². The summed E-state index contributed by atoms with van der Waals surface area (Å²) in [7, 11) is 4.27. The minimum Gasteiger partial charge on any atom is -0.304 e. The van der Waals surface area contributed by atoms with Gasteiger partial charge in [-0.05, 0) is 64.7 Å². The molecule has 1 aliphatic carbocycles. The van der Waals surface area contributed by atoms with Crippen LogP contribution in [0.15, 0.2) is 0 Å². The zero-order chi connectivity index (χ0) is 14.0. The number of likely N-dealkylation sites (N-methyl/N-ethyl adjacent to an activating group) is 2. The summed E-state index contributed by atoms with van der Waals surface area (Å²) in [4.78, 5) is 17.5. The second-order valence-corrected chi connectivity index (χ2v) is 6.98. The van der Waals surface area contributed by atoms with Crippen LogP contribution in [0.1, 0.15) is 39.5 Å². The quantitative estimate of drug-likeness (QED) is 0.766. The zero-order valence-electron chi connectivity index (χ0n) is 13.1. The number of carbonyl (C=O) groups excluding carboxylic acids is 1. The van der Waals surface area contributed by atoms with Crippen molar-refractivity contribution >= 4 is 5.78 Å². The number of nitrogens with zero attached hydrogens (tertiary/aromatic N) is 2. The predicted molar refractivity (Wildman–Crippen MR) is 79.2 cm³/mol. The van der Waals surface area contributed by atoms with Gasteiger partial charge in [-0.2, -0.15) is 0 Å². The molecule has 3 heteroatoms. The van der Waals surface area contributed by atoms with Gasteiger partial charge in [-0.25, -0.2) is 0 Å². The molecule has 4 atom stereocenters. The van der Waals surface area contributed by atoms with E-state index in [2.05, 4.69) is 37.7 Å². The van der Waals surface area contributed by atoms with Gasteiger partial charge in [0.15, 0.2) is 5.78 Å². The van der Waals surface area contributed by atoms with E-state index >= 15 is 0 Å². The molecule has 1 heterocycles. The Bertz CT molecular complexity index is 318. The lowest BCUT2D eigenvalue weighted by Crippen LogP contribution is -2.47. The van der Waals surface area contributed by atoms with E-state index < -0.39 is 0 Å². The lowest BCUT2D eigenvalue weighted by atomic mass is 9.73. The van der Waals surface area contributed by atoms with E-state index in [1.165, 1.54) is 12.8 Å². The van der Waals surface area contributed by atoms with Gasteiger partial charge >= 0.3 is 0 Å². The summed E-state index contributed by atoms with van der Waals surface area (Å²) in [5.41, 5.74) is 0. The summed E-state index contributed by atoms with van der Waals surface area (Å²) in [6.07, 6.45) is 4.62. The first-order chi connectivity index (χ1) is 8.99. The van der Waals surface area contributed by atoms with E-state index in [0.29, 0.717) is 17.6 Å². The summed E-state index contributed by atoms with van der Waals surface area (Å²) < 4.78 is 0. The number of Topliss-reactive ketones (excluding diaryl/α,β-unsaturated/α-hetero) is 1. The van der Waals surface area contributed by atoms with Crippen LogP contribution in [0.2, 0.25) is 0 Å². The third-order valence-electron chi connectivity index (χ3n) is 5.40. The van der Waals surface area contributed by atoms with Crippen molar-refractivity contribution in [3.63, 3.8) is 0 Å². The number of carbonyl (C=O) groups is 1. The molecule has 1 saturated carbocycles. The molecule has 2 rings (SSSR count). The molecule has 0 N–H and O–H groups in total. The maximum absolute atomic E-state index is 12.8. The molecule has 2 aliphatic rings. The van der Waals surface area contributed by atoms with Gasteiger partial charge in [0.2, 0.25) is 0 Å². The molecule has 0 radical (unpaired) electrons. The highest BCUT2D eigenvalue weighted by Gasteiger charge is 2.35. The highest BCUT2D eigenvalue weighted by molar-refractivity contribution is 5.86. The highest BCUT2D eigenvalue weighted by Crippen LogP contribution is 2.34. The maximum Gasteiger partial charge on any atom is 0.154 e. The SMILES string of the molecule is CC1CCC(C(=O)C2CN(C)CCCN2C)CC1C. The topological polar surface area (TPSA) is 23.6 Å². The minimum atomic E-state index is 0.123. The largest absolute Gasteiger partial charge is 0.304 e. The van der Waals surface area contributed by atoms with Crippen LogP contribution in [0.3, 0.4) is 0 Å². The Kier molecular flexibility index (Phi) is 5.02. The van der Waals surface area contributed by atoms with Gasteiger partial charge in [-0.15, -0.1) is 0 Å². The molecule has 0 aromatic heterocycles. The highest BCUT2D eigenvalue weighted by atomic mass is 16.1. The second-order valence-electron chi connectivity index (χ2n) is 6.98. The van der Waals surface area contributed by atoms with Gasteiger partial charge in [-0.1, -0.05) is 13.8 Å². The summed E-state index contributed by atoms with van der Waals surface area (Å²) in [6, 6.07) is 0.123. The smallest absolute Gasteiger partial charge is 0.154 e. The molecule has 1 aliphatic heterocycles. The van der Waals surface area contributed by atoms with Crippen LogP contribution in [0.25, 0.3) is 0 Å². The van der Waals surface area contributed by atoms with Gasteiger partial charge in [0.25, 0.3) is 0 Å². The van der Waals surface area contributed by atoms with Crippen LogP contribution < -0.4 is 0 Å². The Hall–Kier alpha value is -0.410. The Morgan fingerprint density at radius 3 is 2.47 bits per heavy atom. The monoisotopic (exact) mass is 266 g/mol. The maximum atomic E-state index is 12.8. The van der Waals surface area contributed by atoms with Crippen LogP contribution in [0, 0.1) is 17.8 Å². The molecular formula is C16H30N2O. The fourth-order valence-electron chi connectivity index (χ4n) is 3.66. The van der Waals surface area contributed by atoms with Crippen LogP contribution in [-0.2, 0) is 4.79 Å². The summed E-state index contributed by atoms with van der Waals surface area (Å²) in [5, 5.41) is 0. The third-order valence-corrected chi connectivity index (χ3v) is 5.40. The van der Waals surface area contributed by atoms with Crippen molar-refractivity contribution in [1.82, 2.24) is 9.80 Å². The summed E-state index contributed by atoms with van der Waals surface area (Å²) >= 11 is 0. The van der Waals surface area contributed by atoms with Crippen LogP contribution in [-0.4, -0.2) is 55.4 Å². The summed E-state index contributed by atoms with van der Waals surface area (Å²) in [5.74, 6) is 2.32. The second kappa shape index (κ2) is 6.36. The van der Waals surface area contributed by atoms with Gasteiger partial charge in [-0.3, -0.25) is 9.69 Å². The van der Waals surface area contributed by atoms with E-state index in [0.717, 1.165) is 38.4 Å². The molecule has 0 amide bonds. The molecule has 3 nitrogen and oxygen atoms in total. The van der Waals surface area contributed by atoms with Crippen molar-refractivity contribution < 1.29 is 4.79 Å². The van der Waals surface area contributed by atoms with Gasteiger partial charge in [0.05, 0.1) is 6.04 Å². The van der Waals surface area contributed by atoms with E-state index in [1.807, 2.05) is 0 Å². The van der Waals surface area contributed by atoms with Crippen molar-refractivity contribution in [3.05, 3.63) is 0 Å². The van der Waals surface area contributed by atoms with Crippen molar-refractivity contribution in [2.45, 2.75) is 45.6 Å². The predicted octanol–water partition coefficient (Wildman–Crippen LogP) is 2.26. The van der Waals surface area contributed by atoms with Gasteiger partial charge in [0.1, 0.15) is 0 Å². The van der Waals surface area contributed by atoms with Gasteiger partial charge < -0.3 is 4.90 Å². The fourth-order valence-corrected chi connectivity index (χ4v) is 3.66. The van der Waals surface area contributed by atoms with Crippen molar-refractivity contribution in [2.24, 2.45) is 17.8 Å². The molecule has 0 bridgehead atoms. The first-order valence-corrected chi connectivity index (χ1v) is 7.91. The molecule has 19 heavy (non-hydrogen) atoms. The van der Waals surface area contributed by atoms with E-state index in [-0.39, 0.29) is 6.04 Å². The first kappa shape index (κ1) is 15.0. The Balaban J connectivity index is 2.01. The molecule has 110 valence electrons. The lowest BCUT2D eigenvalue weighted by Gasteiger charge is -2.35. The zero-order valence-corrected chi connectivity index (χ0v) is 13.1. The first-order valence-electron chi connectivity index (χ1n) is 7.91. The number of ketones is 1. The minimum absolute atomic E-state index is 0.123. The van der Waals surface area contributed by atoms with Crippen LogP contribution in [0.4, 0.5) is 0 Å². The molecule has 0 aromatic carbocycles. The van der Waals surface area contributed by atoms with E-state index in [4.69, 9.17) is 0 Å².